The molecule has 0 fully saturated rings. The van der Waals surface area contributed by atoms with Crippen LogP contribution in [0, 0.1) is 0 Å². The minimum absolute atomic E-state index is 0.171. The second-order valence-electron chi connectivity index (χ2n) is 4.34. The van der Waals surface area contributed by atoms with Crippen LogP contribution in [0.15, 0.2) is 38.0 Å². The number of esters is 1. The van der Waals surface area contributed by atoms with Crippen molar-refractivity contribution in [2.45, 2.75) is 23.9 Å². The zero-order valence-electron chi connectivity index (χ0n) is 12.8. The van der Waals surface area contributed by atoms with Gasteiger partial charge in [0.25, 0.3) is 0 Å². The highest BCUT2D eigenvalue weighted by atomic mass is 32.2. The molecule has 24 heavy (non-hydrogen) atoms. The molecule has 2 aromatic rings. The van der Waals surface area contributed by atoms with Crippen LogP contribution in [0.1, 0.15) is 19.6 Å². The summed E-state index contributed by atoms with van der Waals surface area (Å²) < 4.78 is 10.7. The third kappa shape index (κ3) is 5.32. The first-order valence-electron chi connectivity index (χ1n) is 6.68. The van der Waals surface area contributed by atoms with Crippen molar-refractivity contribution in [3.8, 4) is 5.75 Å². The number of amides is 1. The Balaban J connectivity index is 1.97. The van der Waals surface area contributed by atoms with E-state index >= 15 is 0 Å². The summed E-state index contributed by atoms with van der Waals surface area (Å²) in [5, 5.41) is 10.6. The van der Waals surface area contributed by atoms with E-state index in [9.17, 15) is 14.4 Å². The van der Waals surface area contributed by atoms with Crippen molar-refractivity contribution >= 4 is 40.1 Å². The van der Waals surface area contributed by atoms with E-state index in [1.165, 1.54) is 48.2 Å². The predicted octanol–water partition coefficient (Wildman–Crippen LogP) is 2.22. The summed E-state index contributed by atoms with van der Waals surface area (Å²) in [5.74, 6) is -0.307. The van der Waals surface area contributed by atoms with Crippen molar-refractivity contribution in [3.63, 3.8) is 0 Å². The molecule has 2 rings (SSSR count). The number of allylic oxidation sites excluding steroid dienone is 1. The van der Waals surface area contributed by atoms with E-state index in [4.69, 9.17) is 9.15 Å². The highest BCUT2D eigenvalue weighted by Crippen LogP contribution is 2.28. The fourth-order valence-electron chi connectivity index (χ4n) is 1.47. The standard InChI is InChI=1S/C14H13N3O5S2/c1-3-4-12(20)22-11-6-21-9(5-10(11)19)7-23-14-17-16-13(24-14)15-8(2)18/h3-6H,7H2,1-2H3,(H,15,16,18)/b4-3+. The fraction of sp³-hybridized carbons (Fsp3) is 0.214. The van der Waals surface area contributed by atoms with Gasteiger partial charge in [0.1, 0.15) is 12.0 Å². The molecule has 2 aromatic heterocycles. The molecule has 0 radical (unpaired) electrons. The van der Waals surface area contributed by atoms with Crippen molar-refractivity contribution in [2.24, 2.45) is 0 Å². The van der Waals surface area contributed by atoms with Gasteiger partial charge >= 0.3 is 5.97 Å². The van der Waals surface area contributed by atoms with Crippen LogP contribution >= 0.6 is 23.1 Å². The molecule has 0 spiro atoms. The maximum absolute atomic E-state index is 11.9. The third-order valence-electron chi connectivity index (χ3n) is 2.39. The van der Waals surface area contributed by atoms with Gasteiger partial charge in [-0.2, -0.15) is 0 Å². The van der Waals surface area contributed by atoms with Crippen molar-refractivity contribution in [2.75, 3.05) is 5.32 Å². The van der Waals surface area contributed by atoms with E-state index in [2.05, 4.69) is 15.5 Å². The second kappa shape index (κ2) is 8.41. The highest BCUT2D eigenvalue weighted by molar-refractivity contribution is 8.00. The number of nitrogens with zero attached hydrogens (tertiary/aromatic N) is 2. The van der Waals surface area contributed by atoms with Gasteiger partial charge in [0, 0.05) is 19.1 Å². The zero-order chi connectivity index (χ0) is 17.5. The molecule has 0 aliphatic rings. The Labute approximate surface area is 144 Å². The normalized spacial score (nSPS) is 10.8. The molecule has 1 N–H and O–H groups in total. The second-order valence-corrected chi connectivity index (χ2v) is 6.54. The van der Waals surface area contributed by atoms with Gasteiger partial charge in [0.15, 0.2) is 4.34 Å². The van der Waals surface area contributed by atoms with Crippen LogP contribution in [0.2, 0.25) is 0 Å². The summed E-state index contributed by atoms with van der Waals surface area (Å²) in [6, 6.07) is 1.25. The van der Waals surface area contributed by atoms with Crippen molar-refractivity contribution < 1.29 is 18.7 Å². The summed E-state index contributed by atoms with van der Waals surface area (Å²) >= 11 is 2.51. The monoisotopic (exact) mass is 367 g/mol. The van der Waals surface area contributed by atoms with Crippen LogP contribution in [0.3, 0.4) is 0 Å². The van der Waals surface area contributed by atoms with Crippen LogP contribution < -0.4 is 15.5 Å². The topological polar surface area (TPSA) is 111 Å². The molecule has 0 aliphatic carbocycles. The molecule has 0 unspecified atom stereocenters. The van der Waals surface area contributed by atoms with Crippen LogP contribution in [0.25, 0.3) is 0 Å². The predicted molar refractivity (Wildman–Crippen MR) is 89.2 cm³/mol. The van der Waals surface area contributed by atoms with E-state index in [0.29, 0.717) is 21.0 Å². The molecule has 2 heterocycles. The molecule has 126 valence electrons. The lowest BCUT2D eigenvalue weighted by Gasteiger charge is -2.01. The highest BCUT2D eigenvalue weighted by Gasteiger charge is 2.10. The number of anilines is 1. The summed E-state index contributed by atoms with van der Waals surface area (Å²) in [4.78, 5) is 34.1. The molecule has 0 saturated carbocycles. The first-order valence-corrected chi connectivity index (χ1v) is 8.48. The quantitative estimate of drug-likeness (QED) is 0.358. The van der Waals surface area contributed by atoms with E-state index in [-0.39, 0.29) is 11.7 Å². The van der Waals surface area contributed by atoms with Crippen LogP contribution in [-0.2, 0) is 15.3 Å². The molecule has 1 amide bonds. The first-order chi connectivity index (χ1) is 11.5. The molecule has 0 atom stereocenters. The van der Waals surface area contributed by atoms with Gasteiger partial charge in [0.2, 0.25) is 22.2 Å². The van der Waals surface area contributed by atoms with E-state index in [1.54, 1.807) is 6.92 Å². The number of ether oxygens (including phenoxy) is 1. The number of hydrogen-bond acceptors (Lipinski definition) is 9. The number of thioether (sulfide) groups is 1. The van der Waals surface area contributed by atoms with Crippen molar-refractivity contribution in [3.05, 3.63) is 40.5 Å². The average molecular weight is 367 g/mol. The fourth-order valence-corrected chi connectivity index (χ4v) is 3.16. The zero-order valence-corrected chi connectivity index (χ0v) is 14.4. The molecule has 0 aromatic carbocycles. The minimum Gasteiger partial charge on any atom is -0.464 e. The molecular weight excluding hydrogens is 354 g/mol. The number of rotatable bonds is 6. The number of carbonyl (C=O) groups is 2. The van der Waals surface area contributed by atoms with Crippen molar-refractivity contribution in [1.82, 2.24) is 10.2 Å². The van der Waals surface area contributed by atoms with Gasteiger partial charge in [-0.15, -0.1) is 10.2 Å². The van der Waals surface area contributed by atoms with Gasteiger partial charge in [0.05, 0.1) is 5.75 Å². The van der Waals surface area contributed by atoms with Gasteiger partial charge in [-0.05, 0) is 6.92 Å². The molecule has 10 heteroatoms. The Kier molecular flexibility index (Phi) is 6.27. The molecule has 0 bridgehead atoms. The Bertz CT molecular complexity index is 828. The number of aromatic nitrogens is 2. The SMILES string of the molecule is C/C=C/C(=O)Oc1coc(CSc2nnc(NC(C)=O)s2)cc1=O. The number of carbonyl (C=O) groups excluding carboxylic acids is 2. The van der Waals surface area contributed by atoms with E-state index in [0.717, 1.165) is 6.26 Å². The molecule has 0 saturated heterocycles. The smallest absolute Gasteiger partial charge is 0.336 e. The maximum Gasteiger partial charge on any atom is 0.336 e. The average Bonchev–Trinajstić information content (AvgIpc) is 2.94. The van der Waals surface area contributed by atoms with E-state index in [1.807, 2.05) is 0 Å². The molecule has 8 nitrogen and oxygen atoms in total. The van der Waals surface area contributed by atoms with Crippen molar-refractivity contribution in [1.29, 1.82) is 0 Å². The minimum atomic E-state index is -0.647. The van der Waals surface area contributed by atoms with Gasteiger partial charge in [-0.1, -0.05) is 29.2 Å². The van der Waals surface area contributed by atoms with Crippen LogP contribution in [0.5, 0.6) is 5.75 Å². The summed E-state index contributed by atoms with van der Waals surface area (Å²) in [6.07, 6.45) is 3.81. The summed E-state index contributed by atoms with van der Waals surface area (Å²) in [7, 11) is 0. The Hall–Kier alpha value is -2.46. The molecular formula is C14H13N3O5S2. The molecule has 0 aliphatic heterocycles. The number of hydrogen-bond donors (Lipinski definition) is 1. The van der Waals surface area contributed by atoms with Gasteiger partial charge in [-0.3, -0.25) is 9.59 Å². The lowest BCUT2D eigenvalue weighted by molar-refractivity contribution is -0.129. The lowest BCUT2D eigenvalue weighted by Crippen LogP contribution is -2.12. The van der Waals surface area contributed by atoms with Gasteiger partial charge < -0.3 is 14.5 Å². The van der Waals surface area contributed by atoms with Gasteiger partial charge in [-0.25, -0.2) is 4.79 Å². The van der Waals surface area contributed by atoms with E-state index < -0.39 is 11.4 Å². The summed E-state index contributed by atoms with van der Waals surface area (Å²) in [6.45, 7) is 3.04. The Morgan fingerprint density at radius 2 is 2.25 bits per heavy atom. The maximum atomic E-state index is 11.9. The van der Waals surface area contributed by atoms with Crippen LogP contribution in [0.4, 0.5) is 5.13 Å². The summed E-state index contributed by atoms with van der Waals surface area (Å²) in [5.41, 5.74) is -0.453. The Morgan fingerprint density at radius 1 is 1.46 bits per heavy atom. The third-order valence-corrected chi connectivity index (χ3v) is 4.39. The lowest BCUT2D eigenvalue weighted by atomic mass is 10.4. The van der Waals surface area contributed by atoms with Crippen LogP contribution in [-0.4, -0.2) is 22.1 Å². The first kappa shape index (κ1) is 17.9. The number of nitrogens with one attached hydrogen (secondary N) is 1. The largest absolute Gasteiger partial charge is 0.464 e. The Morgan fingerprint density at radius 3 is 2.92 bits per heavy atom.